The fraction of sp³-hybridized carbons (Fsp3) is 0.647. The van der Waals surface area contributed by atoms with Crippen molar-refractivity contribution in [3.05, 3.63) is 22.8 Å². The molecule has 0 radical (unpaired) electrons. The summed E-state index contributed by atoms with van der Waals surface area (Å²) in [6.07, 6.45) is 8.34. The van der Waals surface area contributed by atoms with Crippen LogP contribution in [0.3, 0.4) is 0 Å². The second kappa shape index (κ2) is 8.08. The van der Waals surface area contributed by atoms with Crippen molar-refractivity contribution in [2.75, 3.05) is 0 Å². The molecule has 0 bridgehead atoms. The molecule has 0 saturated carbocycles. The number of unbranched alkanes of at least 4 members (excludes halogenated alkanes) is 3. The maximum Gasteiger partial charge on any atom is 0.161 e. The highest BCUT2D eigenvalue weighted by Crippen LogP contribution is 2.37. The van der Waals surface area contributed by atoms with Gasteiger partial charge in [0.25, 0.3) is 0 Å². The second-order valence-corrected chi connectivity index (χ2v) is 5.28. The van der Waals surface area contributed by atoms with Crippen molar-refractivity contribution in [2.45, 2.75) is 72.1 Å². The average Bonchev–Trinajstić information content (AvgIpc) is 2.41. The molecule has 2 heteroatoms. The quantitative estimate of drug-likeness (QED) is 0.526. The van der Waals surface area contributed by atoms with Gasteiger partial charge in [-0.3, -0.25) is 0 Å². The van der Waals surface area contributed by atoms with Crippen LogP contribution in [0.25, 0.3) is 0 Å². The van der Waals surface area contributed by atoms with Gasteiger partial charge in [-0.1, -0.05) is 46.1 Å². The summed E-state index contributed by atoms with van der Waals surface area (Å²) in [6.45, 7) is 6.37. The van der Waals surface area contributed by atoms with Crippen LogP contribution < -0.4 is 0 Å². The fourth-order valence-electron chi connectivity index (χ4n) is 2.55. The fourth-order valence-corrected chi connectivity index (χ4v) is 2.55. The Morgan fingerprint density at radius 1 is 0.789 bits per heavy atom. The Bertz CT molecular complexity index is 397. The molecule has 0 unspecified atom stereocenters. The van der Waals surface area contributed by atoms with Crippen LogP contribution in [-0.2, 0) is 19.3 Å². The van der Waals surface area contributed by atoms with Crippen LogP contribution in [0, 0.1) is 0 Å². The molecule has 0 aliphatic carbocycles. The van der Waals surface area contributed by atoms with Crippen LogP contribution in [-0.4, -0.2) is 10.2 Å². The van der Waals surface area contributed by atoms with Gasteiger partial charge in [0.2, 0.25) is 0 Å². The normalized spacial score (nSPS) is 10.9. The summed E-state index contributed by atoms with van der Waals surface area (Å²) in [4.78, 5) is 0. The molecule has 0 atom stereocenters. The molecule has 108 valence electrons. The molecule has 2 N–H and O–H groups in total. The Morgan fingerprint density at radius 3 is 2.00 bits per heavy atom. The Morgan fingerprint density at radius 2 is 1.42 bits per heavy atom. The van der Waals surface area contributed by atoms with E-state index in [0.717, 1.165) is 49.7 Å². The minimum atomic E-state index is 0.101. The van der Waals surface area contributed by atoms with Gasteiger partial charge in [-0.05, 0) is 43.2 Å². The minimum Gasteiger partial charge on any atom is -0.504 e. The standard InChI is InChI=1S/C17H28O2/c1-4-7-9-11-13-12-14(10-8-5-2)16(18)17(19)15(13)6-3/h12,18-19H,4-11H2,1-3H3. The monoisotopic (exact) mass is 264 g/mol. The molecule has 1 aromatic carbocycles. The highest BCUT2D eigenvalue weighted by Gasteiger charge is 2.15. The van der Waals surface area contributed by atoms with Crippen LogP contribution in [0.1, 0.15) is 69.6 Å². The van der Waals surface area contributed by atoms with Gasteiger partial charge < -0.3 is 10.2 Å². The van der Waals surface area contributed by atoms with Crippen molar-refractivity contribution in [3.63, 3.8) is 0 Å². The van der Waals surface area contributed by atoms with E-state index >= 15 is 0 Å². The van der Waals surface area contributed by atoms with Crippen molar-refractivity contribution < 1.29 is 10.2 Å². The van der Waals surface area contributed by atoms with E-state index in [9.17, 15) is 10.2 Å². The van der Waals surface area contributed by atoms with Gasteiger partial charge in [0.1, 0.15) is 0 Å². The first-order valence-electron chi connectivity index (χ1n) is 7.71. The predicted octanol–water partition coefficient (Wildman–Crippen LogP) is 4.74. The third kappa shape index (κ3) is 4.15. The van der Waals surface area contributed by atoms with Crippen LogP contribution in [0.5, 0.6) is 11.5 Å². The van der Waals surface area contributed by atoms with Crippen molar-refractivity contribution in [1.82, 2.24) is 0 Å². The second-order valence-electron chi connectivity index (χ2n) is 5.28. The van der Waals surface area contributed by atoms with Crippen LogP contribution in [0.4, 0.5) is 0 Å². The highest BCUT2D eigenvalue weighted by molar-refractivity contribution is 5.54. The van der Waals surface area contributed by atoms with Crippen LogP contribution in [0.2, 0.25) is 0 Å². The molecule has 2 nitrogen and oxygen atoms in total. The van der Waals surface area contributed by atoms with E-state index in [2.05, 4.69) is 19.9 Å². The molecule has 0 heterocycles. The number of hydrogen-bond acceptors (Lipinski definition) is 2. The summed E-state index contributed by atoms with van der Waals surface area (Å²) in [6, 6.07) is 2.11. The van der Waals surface area contributed by atoms with Gasteiger partial charge in [0, 0.05) is 5.56 Å². The molecule has 0 spiro atoms. The van der Waals surface area contributed by atoms with Gasteiger partial charge in [-0.2, -0.15) is 0 Å². The van der Waals surface area contributed by atoms with Gasteiger partial charge in [0.05, 0.1) is 0 Å². The van der Waals surface area contributed by atoms with Gasteiger partial charge >= 0.3 is 0 Å². The van der Waals surface area contributed by atoms with Gasteiger partial charge in [-0.25, -0.2) is 0 Å². The maximum atomic E-state index is 10.2. The first-order chi connectivity index (χ1) is 9.15. The smallest absolute Gasteiger partial charge is 0.161 e. The largest absolute Gasteiger partial charge is 0.504 e. The zero-order chi connectivity index (χ0) is 14.3. The lowest BCUT2D eigenvalue weighted by Crippen LogP contribution is -1.98. The maximum absolute atomic E-state index is 10.2. The van der Waals surface area contributed by atoms with E-state index in [1.807, 2.05) is 6.92 Å². The summed E-state index contributed by atoms with van der Waals surface area (Å²) in [5.74, 6) is 0.215. The lowest BCUT2D eigenvalue weighted by Gasteiger charge is -2.15. The van der Waals surface area contributed by atoms with E-state index in [4.69, 9.17) is 0 Å². The van der Waals surface area contributed by atoms with Gasteiger partial charge in [0.15, 0.2) is 11.5 Å². The number of benzene rings is 1. The number of phenolic OH excluding ortho intramolecular Hbond substituents is 2. The molecule has 1 rings (SSSR count). The van der Waals surface area contributed by atoms with E-state index in [0.29, 0.717) is 0 Å². The van der Waals surface area contributed by atoms with E-state index < -0.39 is 0 Å². The molecule has 0 amide bonds. The Kier molecular flexibility index (Phi) is 6.75. The molecule has 19 heavy (non-hydrogen) atoms. The topological polar surface area (TPSA) is 40.5 Å². The van der Waals surface area contributed by atoms with E-state index in [1.165, 1.54) is 18.4 Å². The Labute approximate surface area is 117 Å². The molecule has 0 aliphatic rings. The zero-order valence-electron chi connectivity index (χ0n) is 12.6. The lowest BCUT2D eigenvalue weighted by molar-refractivity contribution is 0.394. The van der Waals surface area contributed by atoms with Crippen molar-refractivity contribution in [3.8, 4) is 11.5 Å². The Hall–Kier alpha value is -1.18. The highest BCUT2D eigenvalue weighted by atomic mass is 16.3. The van der Waals surface area contributed by atoms with E-state index in [-0.39, 0.29) is 11.5 Å². The van der Waals surface area contributed by atoms with Crippen molar-refractivity contribution in [1.29, 1.82) is 0 Å². The lowest BCUT2D eigenvalue weighted by atomic mass is 9.93. The van der Waals surface area contributed by atoms with Crippen LogP contribution >= 0.6 is 0 Å². The Balaban J connectivity index is 3.01. The predicted molar refractivity (Wildman–Crippen MR) is 81.0 cm³/mol. The van der Waals surface area contributed by atoms with Gasteiger partial charge in [-0.15, -0.1) is 0 Å². The third-order valence-electron chi connectivity index (χ3n) is 3.75. The van der Waals surface area contributed by atoms with E-state index in [1.54, 1.807) is 0 Å². The minimum absolute atomic E-state index is 0.101. The SMILES string of the molecule is CCCCCc1cc(CCCC)c(O)c(O)c1CC. The molecule has 0 aliphatic heterocycles. The summed E-state index contributed by atoms with van der Waals surface area (Å²) >= 11 is 0. The summed E-state index contributed by atoms with van der Waals surface area (Å²) in [7, 11) is 0. The third-order valence-corrected chi connectivity index (χ3v) is 3.75. The summed E-state index contributed by atoms with van der Waals surface area (Å²) in [5.41, 5.74) is 3.05. The van der Waals surface area contributed by atoms with Crippen molar-refractivity contribution >= 4 is 0 Å². The number of aryl methyl sites for hydroxylation is 2. The number of phenols is 2. The number of rotatable bonds is 8. The molecule has 1 aromatic rings. The average molecular weight is 264 g/mol. The molecule has 0 saturated heterocycles. The molecular formula is C17H28O2. The van der Waals surface area contributed by atoms with Crippen molar-refractivity contribution in [2.24, 2.45) is 0 Å². The summed E-state index contributed by atoms with van der Waals surface area (Å²) < 4.78 is 0. The zero-order valence-corrected chi connectivity index (χ0v) is 12.6. The molecule has 0 fully saturated rings. The van der Waals surface area contributed by atoms with Crippen LogP contribution in [0.15, 0.2) is 6.07 Å². The first-order valence-corrected chi connectivity index (χ1v) is 7.71. The molecule has 0 aromatic heterocycles. The number of aromatic hydroxyl groups is 2. The number of hydrogen-bond donors (Lipinski definition) is 2. The first kappa shape index (κ1) is 15.9. The summed E-state index contributed by atoms with van der Waals surface area (Å²) in [5, 5.41) is 20.2. The molecular weight excluding hydrogens is 236 g/mol.